The van der Waals surface area contributed by atoms with Crippen LogP contribution in [0.5, 0.6) is 5.88 Å². The maximum atomic E-state index is 6.30. The number of hydrogen-bond donors (Lipinski definition) is 0. The van der Waals surface area contributed by atoms with E-state index in [0.717, 1.165) is 28.7 Å². The van der Waals surface area contributed by atoms with Crippen molar-refractivity contribution in [3.63, 3.8) is 0 Å². The molecule has 0 fully saturated rings. The van der Waals surface area contributed by atoms with E-state index in [1.165, 1.54) is 0 Å². The van der Waals surface area contributed by atoms with Gasteiger partial charge < -0.3 is 9.30 Å². The highest BCUT2D eigenvalue weighted by molar-refractivity contribution is 6.34. The number of nitrogens with zero attached hydrogens (tertiary/aromatic N) is 3. The summed E-state index contributed by atoms with van der Waals surface area (Å²) < 4.78 is 8.07. The van der Waals surface area contributed by atoms with Crippen LogP contribution in [-0.2, 0) is 13.2 Å². The predicted molar refractivity (Wildman–Crippen MR) is 92.9 cm³/mol. The Morgan fingerprint density at radius 2 is 1.91 bits per heavy atom. The molecule has 2 heterocycles. The number of halogens is 1. The Hall–Kier alpha value is -2.07. The van der Waals surface area contributed by atoms with E-state index in [1.54, 1.807) is 0 Å². The molecular weight excluding hydrogens is 310 g/mol. The van der Waals surface area contributed by atoms with Crippen molar-refractivity contribution in [3.05, 3.63) is 52.8 Å². The number of aryl methyl sites for hydroxylation is 1. The molecule has 0 radical (unpaired) electrons. The lowest BCUT2D eigenvalue weighted by molar-refractivity contribution is 0.294. The minimum atomic E-state index is 0.417. The van der Waals surface area contributed by atoms with E-state index < -0.39 is 0 Å². The van der Waals surface area contributed by atoms with Gasteiger partial charge in [-0.25, -0.2) is 0 Å². The molecule has 0 saturated carbocycles. The molecule has 3 aromatic rings. The van der Waals surface area contributed by atoms with Crippen LogP contribution in [0.1, 0.15) is 25.1 Å². The Morgan fingerprint density at radius 1 is 1.17 bits per heavy atom. The lowest BCUT2D eigenvalue weighted by Gasteiger charge is -2.12. The first-order valence-electron chi connectivity index (χ1n) is 7.75. The summed E-state index contributed by atoms with van der Waals surface area (Å²) in [5.74, 6) is 1.04. The highest BCUT2D eigenvalue weighted by atomic mass is 35.5. The number of aromatic nitrogens is 3. The maximum absolute atomic E-state index is 6.30. The topological polar surface area (TPSA) is 39.9 Å². The summed E-state index contributed by atoms with van der Waals surface area (Å²) in [4.78, 5) is 0. The summed E-state index contributed by atoms with van der Waals surface area (Å²) in [7, 11) is 0. The monoisotopic (exact) mass is 329 g/mol. The van der Waals surface area contributed by atoms with Gasteiger partial charge in [0.05, 0.1) is 10.9 Å². The molecule has 0 amide bonds. The summed E-state index contributed by atoms with van der Waals surface area (Å²) in [5, 5.41) is 9.54. The van der Waals surface area contributed by atoms with E-state index in [1.807, 2.05) is 30.3 Å². The summed E-state index contributed by atoms with van der Waals surface area (Å²) in [6.07, 6.45) is 0. The van der Waals surface area contributed by atoms with E-state index in [4.69, 9.17) is 16.3 Å². The largest absolute Gasteiger partial charge is 0.471 e. The predicted octanol–water partition coefficient (Wildman–Crippen LogP) is 4.63. The molecule has 4 nitrogen and oxygen atoms in total. The molecule has 0 N–H and O–H groups in total. The number of rotatable bonds is 5. The van der Waals surface area contributed by atoms with Gasteiger partial charge in [0, 0.05) is 12.2 Å². The third-order valence-corrected chi connectivity index (χ3v) is 3.98. The quantitative estimate of drug-likeness (QED) is 0.685. The van der Waals surface area contributed by atoms with Gasteiger partial charge in [0.15, 0.2) is 5.15 Å². The Morgan fingerprint density at radius 3 is 2.61 bits per heavy atom. The van der Waals surface area contributed by atoms with Crippen molar-refractivity contribution in [2.24, 2.45) is 5.92 Å². The van der Waals surface area contributed by atoms with E-state index in [0.29, 0.717) is 23.6 Å². The highest BCUT2D eigenvalue weighted by Crippen LogP contribution is 2.31. The number of ether oxygens (including phenoxy) is 1. The fourth-order valence-electron chi connectivity index (χ4n) is 2.69. The van der Waals surface area contributed by atoms with Gasteiger partial charge in [-0.2, -0.15) is 0 Å². The highest BCUT2D eigenvalue weighted by Gasteiger charge is 2.17. The van der Waals surface area contributed by atoms with Crippen LogP contribution in [0.25, 0.3) is 10.9 Å². The normalized spacial score (nSPS) is 11.3. The van der Waals surface area contributed by atoms with Gasteiger partial charge in [0.25, 0.3) is 0 Å². The first-order valence-corrected chi connectivity index (χ1v) is 8.12. The van der Waals surface area contributed by atoms with Crippen LogP contribution < -0.4 is 4.74 Å². The Labute approximate surface area is 141 Å². The zero-order chi connectivity index (χ0) is 16.4. The van der Waals surface area contributed by atoms with Crippen molar-refractivity contribution >= 4 is 22.5 Å². The van der Waals surface area contributed by atoms with Crippen molar-refractivity contribution in [2.75, 3.05) is 0 Å². The average molecular weight is 330 g/mol. The lowest BCUT2D eigenvalue weighted by atomic mass is 10.2. The van der Waals surface area contributed by atoms with E-state index in [9.17, 15) is 0 Å². The van der Waals surface area contributed by atoms with Gasteiger partial charge >= 0.3 is 0 Å². The van der Waals surface area contributed by atoms with Gasteiger partial charge in [-0.05, 0) is 24.5 Å². The van der Waals surface area contributed by atoms with Gasteiger partial charge in [-0.15, -0.1) is 10.2 Å². The van der Waals surface area contributed by atoms with Crippen molar-refractivity contribution in [1.29, 1.82) is 0 Å². The van der Waals surface area contributed by atoms with Crippen LogP contribution in [0.4, 0.5) is 0 Å². The minimum Gasteiger partial charge on any atom is -0.471 e. The van der Waals surface area contributed by atoms with E-state index in [2.05, 4.69) is 41.6 Å². The second-order valence-electron chi connectivity index (χ2n) is 6.12. The second kappa shape index (κ2) is 6.59. The van der Waals surface area contributed by atoms with E-state index >= 15 is 0 Å². The number of fused-ring (bicyclic) bond motifs is 1. The molecule has 23 heavy (non-hydrogen) atoms. The first-order chi connectivity index (χ1) is 11.1. The molecule has 0 saturated heterocycles. The molecule has 2 aromatic heterocycles. The average Bonchev–Trinajstić information content (AvgIpc) is 2.85. The zero-order valence-corrected chi connectivity index (χ0v) is 14.3. The molecule has 120 valence electrons. The van der Waals surface area contributed by atoms with Crippen LogP contribution in [-0.4, -0.2) is 14.8 Å². The smallest absolute Gasteiger partial charge is 0.243 e. The molecule has 0 bridgehead atoms. The van der Waals surface area contributed by atoms with Crippen LogP contribution in [0, 0.1) is 12.8 Å². The van der Waals surface area contributed by atoms with Gasteiger partial charge in [0.2, 0.25) is 5.88 Å². The van der Waals surface area contributed by atoms with Crippen molar-refractivity contribution < 1.29 is 4.74 Å². The minimum absolute atomic E-state index is 0.417. The summed E-state index contributed by atoms with van der Waals surface area (Å²) in [6.45, 7) is 7.78. The first kappa shape index (κ1) is 15.8. The summed E-state index contributed by atoms with van der Waals surface area (Å²) >= 11 is 6.30. The third-order valence-electron chi connectivity index (χ3n) is 3.72. The summed E-state index contributed by atoms with van der Waals surface area (Å²) in [5.41, 5.74) is 3.13. The Kier molecular flexibility index (Phi) is 4.53. The van der Waals surface area contributed by atoms with Crippen molar-refractivity contribution in [2.45, 2.75) is 33.9 Å². The molecule has 0 unspecified atom stereocenters. The van der Waals surface area contributed by atoms with Crippen LogP contribution in [0.2, 0.25) is 5.15 Å². The molecule has 0 atom stereocenters. The fraction of sp³-hybridized carbons (Fsp3) is 0.333. The van der Waals surface area contributed by atoms with Gasteiger partial charge in [0.1, 0.15) is 6.61 Å². The molecule has 0 aliphatic carbocycles. The molecule has 0 aliphatic rings. The van der Waals surface area contributed by atoms with E-state index in [-0.39, 0.29) is 0 Å². The summed E-state index contributed by atoms with van der Waals surface area (Å²) in [6, 6.07) is 12.1. The Balaban J connectivity index is 1.97. The fourth-order valence-corrected chi connectivity index (χ4v) is 2.93. The van der Waals surface area contributed by atoms with Crippen LogP contribution in [0.3, 0.4) is 0 Å². The zero-order valence-electron chi connectivity index (χ0n) is 13.6. The Bertz CT molecular complexity index is 812. The third kappa shape index (κ3) is 3.32. The van der Waals surface area contributed by atoms with Crippen molar-refractivity contribution in [3.8, 4) is 5.88 Å². The SMILES string of the molecule is Cc1cc2c(OCc3ccccc3)nnc(Cl)c2n1CC(C)C. The molecule has 0 spiro atoms. The van der Waals surface area contributed by atoms with Crippen LogP contribution in [0.15, 0.2) is 36.4 Å². The lowest BCUT2D eigenvalue weighted by Crippen LogP contribution is -2.07. The molecule has 1 aromatic carbocycles. The molecule has 5 heteroatoms. The molecular formula is C18H20ClN3O. The number of benzene rings is 1. The molecule has 3 rings (SSSR count). The second-order valence-corrected chi connectivity index (χ2v) is 6.48. The number of hydrogen-bond acceptors (Lipinski definition) is 3. The van der Waals surface area contributed by atoms with Crippen LogP contribution >= 0.6 is 11.6 Å². The maximum Gasteiger partial charge on any atom is 0.243 e. The molecule has 0 aliphatic heterocycles. The van der Waals surface area contributed by atoms with Crippen molar-refractivity contribution in [1.82, 2.24) is 14.8 Å². The van der Waals surface area contributed by atoms with Gasteiger partial charge in [-0.3, -0.25) is 0 Å². The standard InChI is InChI=1S/C18H20ClN3O/c1-12(2)10-22-13(3)9-15-16(22)17(19)20-21-18(15)23-11-14-7-5-4-6-8-14/h4-9,12H,10-11H2,1-3H3. The van der Waals surface area contributed by atoms with Gasteiger partial charge in [-0.1, -0.05) is 55.8 Å².